The predicted molar refractivity (Wildman–Crippen MR) is 153 cm³/mol. The summed E-state index contributed by atoms with van der Waals surface area (Å²) in [5.41, 5.74) is 2.09. The summed E-state index contributed by atoms with van der Waals surface area (Å²) >= 11 is 7.97. The van der Waals surface area contributed by atoms with Gasteiger partial charge in [0, 0.05) is 38.2 Å². The van der Waals surface area contributed by atoms with Gasteiger partial charge in [0.1, 0.15) is 12.3 Å². The number of hydrogen-bond acceptors (Lipinski definition) is 7. The Bertz CT molecular complexity index is 1330. The van der Waals surface area contributed by atoms with Crippen LogP contribution < -0.4 is 4.74 Å². The number of hydrogen-bond donors (Lipinski definition) is 0. The SMILES string of the molecule is COc1ccccc1[C@H]1CC(c2cccs2)=NN1C(=O)CN(CCN1CCOCC1)C(=O)c1ccccc1Cl. The Kier molecular flexibility index (Phi) is 8.93. The number of carbonyl (C=O) groups excluding carboxylic acids is 2. The largest absolute Gasteiger partial charge is 0.496 e. The Hall–Kier alpha value is -3.24. The molecule has 2 aromatic carbocycles. The standard InChI is InChI=1S/C29H31ClN4O4S/c1-37-26-10-5-3-8-22(26)25-19-24(27-11-6-18-39-27)31-34(25)28(35)20-33(13-12-32-14-16-38-17-15-32)29(36)21-7-2-4-9-23(21)30/h2-11,18,25H,12-17,19-20H2,1H3/t25-/m1/s1. The third-order valence-corrected chi connectivity index (χ3v) is 8.23. The Morgan fingerprint density at radius 3 is 2.62 bits per heavy atom. The first-order chi connectivity index (χ1) is 19.0. The maximum Gasteiger partial charge on any atom is 0.262 e. The smallest absolute Gasteiger partial charge is 0.262 e. The van der Waals surface area contributed by atoms with E-state index in [1.165, 1.54) is 5.01 Å². The monoisotopic (exact) mass is 566 g/mol. The number of benzene rings is 2. The van der Waals surface area contributed by atoms with E-state index < -0.39 is 0 Å². The van der Waals surface area contributed by atoms with Crippen LogP contribution in [0.3, 0.4) is 0 Å². The lowest BCUT2D eigenvalue weighted by Gasteiger charge is -2.31. The van der Waals surface area contributed by atoms with Crippen molar-refractivity contribution in [3.8, 4) is 5.75 Å². The molecule has 1 saturated heterocycles. The summed E-state index contributed by atoms with van der Waals surface area (Å²) < 4.78 is 11.1. The zero-order chi connectivity index (χ0) is 27.2. The van der Waals surface area contributed by atoms with Crippen LogP contribution in [-0.2, 0) is 9.53 Å². The van der Waals surface area contributed by atoms with Crippen molar-refractivity contribution in [3.63, 3.8) is 0 Å². The van der Waals surface area contributed by atoms with E-state index in [2.05, 4.69) is 4.90 Å². The van der Waals surface area contributed by atoms with E-state index in [1.54, 1.807) is 47.6 Å². The predicted octanol–water partition coefficient (Wildman–Crippen LogP) is 4.56. The maximum atomic E-state index is 13.9. The molecule has 8 nitrogen and oxygen atoms in total. The van der Waals surface area contributed by atoms with Gasteiger partial charge in [-0.2, -0.15) is 5.10 Å². The zero-order valence-corrected chi connectivity index (χ0v) is 23.4. The van der Waals surface area contributed by atoms with Gasteiger partial charge < -0.3 is 14.4 Å². The molecule has 0 aliphatic carbocycles. The molecule has 0 N–H and O–H groups in total. The molecule has 10 heteroatoms. The molecule has 0 radical (unpaired) electrons. The molecule has 3 heterocycles. The lowest BCUT2D eigenvalue weighted by Crippen LogP contribution is -2.46. The summed E-state index contributed by atoms with van der Waals surface area (Å²) in [6, 6.07) is 18.2. The molecule has 5 rings (SSSR count). The van der Waals surface area contributed by atoms with E-state index in [1.807, 2.05) is 41.8 Å². The Morgan fingerprint density at radius 2 is 1.87 bits per heavy atom. The van der Waals surface area contributed by atoms with Crippen molar-refractivity contribution in [2.45, 2.75) is 12.5 Å². The van der Waals surface area contributed by atoms with E-state index in [-0.39, 0.29) is 24.4 Å². The third-order valence-electron chi connectivity index (χ3n) is 6.98. The molecule has 39 heavy (non-hydrogen) atoms. The van der Waals surface area contributed by atoms with Gasteiger partial charge in [-0.3, -0.25) is 14.5 Å². The van der Waals surface area contributed by atoms with Crippen molar-refractivity contribution in [3.05, 3.63) is 87.1 Å². The van der Waals surface area contributed by atoms with E-state index in [0.717, 1.165) is 29.2 Å². The van der Waals surface area contributed by atoms with Crippen LogP contribution in [0, 0.1) is 0 Å². The highest BCUT2D eigenvalue weighted by Crippen LogP contribution is 2.38. The van der Waals surface area contributed by atoms with Crippen LogP contribution in [0.5, 0.6) is 5.75 Å². The van der Waals surface area contributed by atoms with Gasteiger partial charge in [-0.25, -0.2) is 5.01 Å². The van der Waals surface area contributed by atoms with E-state index >= 15 is 0 Å². The van der Waals surface area contributed by atoms with Gasteiger partial charge in [0.25, 0.3) is 11.8 Å². The highest BCUT2D eigenvalue weighted by molar-refractivity contribution is 7.12. The second kappa shape index (κ2) is 12.7. The summed E-state index contributed by atoms with van der Waals surface area (Å²) in [6.45, 7) is 3.78. The van der Waals surface area contributed by atoms with Gasteiger partial charge in [-0.1, -0.05) is 48.0 Å². The minimum absolute atomic E-state index is 0.124. The van der Waals surface area contributed by atoms with Gasteiger partial charge in [0.15, 0.2) is 0 Å². The highest BCUT2D eigenvalue weighted by Gasteiger charge is 2.36. The average molecular weight is 567 g/mol. The third kappa shape index (κ3) is 6.33. The van der Waals surface area contributed by atoms with Gasteiger partial charge in [0.05, 0.1) is 47.5 Å². The number of morpholine rings is 1. The minimum atomic E-state index is -0.345. The quantitative estimate of drug-likeness (QED) is 0.379. The van der Waals surface area contributed by atoms with Crippen molar-refractivity contribution in [1.82, 2.24) is 14.8 Å². The first kappa shape index (κ1) is 27.3. The number of thiophene rings is 1. The summed E-state index contributed by atoms with van der Waals surface area (Å²) in [4.78, 5) is 32.4. The average Bonchev–Trinajstić information content (AvgIpc) is 3.66. The molecular weight excluding hydrogens is 536 g/mol. The van der Waals surface area contributed by atoms with Crippen LogP contribution in [0.25, 0.3) is 0 Å². The van der Waals surface area contributed by atoms with Crippen molar-refractivity contribution < 1.29 is 19.1 Å². The number of para-hydroxylation sites is 1. The first-order valence-electron chi connectivity index (χ1n) is 13.0. The number of methoxy groups -OCH3 is 1. The number of hydrazone groups is 1. The van der Waals surface area contributed by atoms with Crippen LogP contribution in [0.4, 0.5) is 0 Å². The molecule has 204 valence electrons. The number of ether oxygens (including phenoxy) is 2. The van der Waals surface area contributed by atoms with Crippen LogP contribution >= 0.6 is 22.9 Å². The van der Waals surface area contributed by atoms with Crippen LogP contribution in [0.15, 0.2) is 71.1 Å². The Morgan fingerprint density at radius 1 is 1.10 bits per heavy atom. The molecule has 1 atom stereocenters. The molecule has 0 bridgehead atoms. The fourth-order valence-electron chi connectivity index (χ4n) is 4.90. The van der Waals surface area contributed by atoms with Gasteiger partial charge >= 0.3 is 0 Å². The van der Waals surface area contributed by atoms with Gasteiger partial charge in [0.2, 0.25) is 0 Å². The molecule has 0 saturated carbocycles. The molecule has 0 spiro atoms. The Labute approximate surface area is 237 Å². The molecule has 3 aromatic rings. The maximum absolute atomic E-state index is 13.9. The van der Waals surface area contributed by atoms with Crippen LogP contribution in [0.2, 0.25) is 5.02 Å². The van der Waals surface area contributed by atoms with Gasteiger partial charge in [-0.05, 0) is 29.6 Å². The number of carbonyl (C=O) groups is 2. The molecular formula is C29H31ClN4O4S. The van der Waals surface area contributed by atoms with Crippen molar-refractivity contribution in [1.29, 1.82) is 0 Å². The lowest BCUT2D eigenvalue weighted by atomic mass is 10.00. The van der Waals surface area contributed by atoms with E-state index in [0.29, 0.717) is 49.1 Å². The van der Waals surface area contributed by atoms with Crippen molar-refractivity contribution in [2.24, 2.45) is 5.10 Å². The van der Waals surface area contributed by atoms with Crippen molar-refractivity contribution >= 4 is 40.5 Å². The summed E-state index contributed by atoms with van der Waals surface area (Å²) in [7, 11) is 1.62. The topological polar surface area (TPSA) is 74.7 Å². The van der Waals surface area contributed by atoms with E-state index in [9.17, 15) is 9.59 Å². The number of rotatable bonds is 9. The molecule has 1 fully saturated rings. The summed E-state index contributed by atoms with van der Waals surface area (Å²) in [5, 5.41) is 8.66. The summed E-state index contributed by atoms with van der Waals surface area (Å²) in [5.74, 6) is 0.150. The van der Waals surface area contributed by atoms with Gasteiger partial charge in [-0.15, -0.1) is 11.3 Å². The van der Waals surface area contributed by atoms with Crippen LogP contribution in [0.1, 0.15) is 33.3 Å². The summed E-state index contributed by atoms with van der Waals surface area (Å²) in [6.07, 6.45) is 0.554. The molecule has 0 unspecified atom stereocenters. The minimum Gasteiger partial charge on any atom is -0.496 e. The second-order valence-corrected chi connectivity index (χ2v) is 10.7. The van der Waals surface area contributed by atoms with Crippen molar-refractivity contribution in [2.75, 3.05) is 53.0 Å². The van der Waals surface area contributed by atoms with Crippen LogP contribution in [-0.4, -0.2) is 85.4 Å². The zero-order valence-electron chi connectivity index (χ0n) is 21.8. The Balaban J connectivity index is 1.42. The number of halogens is 1. The molecule has 2 aliphatic rings. The first-order valence-corrected chi connectivity index (χ1v) is 14.2. The van der Waals surface area contributed by atoms with E-state index in [4.69, 9.17) is 26.2 Å². The molecule has 2 aliphatic heterocycles. The number of nitrogens with zero attached hydrogens (tertiary/aromatic N) is 4. The molecule has 1 aromatic heterocycles. The highest BCUT2D eigenvalue weighted by atomic mass is 35.5. The fourth-order valence-corrected chi connectivity index (χ4v) is 5.83. The fraction of sp³-hybridized carbons (Fsp3) is 0.345. The second-order valence-electron chi connectivity index (χ2n) is 9.38. The number of amides is 2. The normalized spacial score (nSPS) is 17.6. The lowest BCUT2D eigenvalue weighted by molar-refractivity contribution is -0.133. The molecule has 2 amide bonds.